The first-order valence-electron chi connectivity index (χ1n) is 9.01. The molecule has 1 amide bonds. The first-order chi connectivity index (χ1) is 14.4. The number of halogens is 2. The van der Waals surface area contributed by atoms with Crippen molar-refractivity contribution in [2.24, 2.45) is 10.3 Å². The van der Waals surface area contributed by atoms with E-state index in [-0.39, 0.29) is 18.1 Å². The van der Waals surface area contributed by atoms with Gasteiger partial charge in [0.05, 0.1) is 5.71 Å². The molecule has 0 spiro atoms. The van der Waals surface area contributed by atoms with Gasteiger partial charge in [-0.1, -0.05) is 40.6 Å². The number of hydrogen-bond donors (Lipinski definition) is 1. The molecule has 0 heterocycles. The van der Waals surface area contributed by atoms with Crippen LogP contribution in [0, 0.1) is 6.92 Å². The standard InChI is InChI=1S/C21H23F2N3O4/c1-13-8-7-10-16(19(26-28-4)20(27)24-3)17(13)12-29-25-14(2)15-9-5-6-11-18(15)30-21(22)23/h5-11,21H,12H2,1-4H3,(H,24,27)/b25-14+,26-19+. The predicted molar refractivity (Wildman–Crippen MR) is 109 cm³/mol. The SMILES string of the molecule is CNC(=O)/C(=N/OC)c1cccc(C)c1CO/N=C(\C)c1ccccc1OC(F)F. The third kappa shape index (κ3) is 5.76. The van der Waals surface area contributed by atoms with Gasteiger partial charge in [-0.3, -0.25) is 4.79 Å². The van der Waals surface area contributed by atoms with Crippen molar-refractivity contribution < 1.29 is 28.0 Å². The van der Waals surface area contributed by atoms with E-state index in [0.717, 1.165) is 5.56 Å². The number of amides is 1. The van der Waals surface area contributed by atoms with Crippen LogP contribution in [0.2, 0.25) is 0 Å². The van der Waals surface area contributed by atoms with Crippen molar-refractivity contribution >= 4 is 17.3 Å². The molecule has 9 heteroatoms. The van der Waals surface area contributed by atoms with Gasteiger partial charge in [-0.25, -0.2) is 0 Å². The van der Waals surface area contributed by atoms with E-state index < -0.39 is 12.5 Å². The fourth-order valence-corrected chi connectivity index (χ4v) is 2.75. The van der Waals surface area contributed by atoms with Gasteiger partial charge in [0.2, 0.25) is 0 Å². The highest BCUT2D eigenvalue weighted by atomic mass is 19.3. The third-order valence-corrected chi connectivity index (χ3v) is 4.19. The van der Waals surface area contributed by atoms with Gasteiger partial charge in [0, 0.05) is 23.7 Å². The minimum Gasteiger partial charge on any atom is -0.434 e. The summed E-state index contributed by atoms with van der Waals surface area (Å²) in [6.45, 7) is 0.558. The van der Waals surface area contributed by atoms with E-state index in [1.807, 2.05) is 13.0 Å². The number of ether oxygens (including phenoxy) is 1. The molecule has 0 unspecified atom stereocenters. The summed E-state index contributed by atoms with van der Waals surface area (Å²) in [5.74, 6) is -0.412. The number of hydrogen-bond acceptors (Lipinski definition) is 6. The van der Waals surface area contributed by atoms with Gasteiger partial charge >= 0.3 is 6.61 Å². The molecule has 7 nitrogen and oxygen atoms in total. The Balaban J connectivity index is 2.29. The lowest BCUT2D eigenvalue weighted by atomic mass is 9.98. The molecule has 30 heavy (non-hydrogen) atoms. The number of para-hydroxylation sites is 1. The average Bonchev–Trinajstić information content (AvgIpc) is 2.72. The van der Waals surface area contributed by atoms with Crippen LogP contribution in [0.5, 0.6) is 5.75 Å². The number of nitrogens with one attached hydrogen (secondary N) is 1. The minimum atomic E-state index is -2.95. The molecule has 0 aromatic heterocycles. The Hall–Kier alpha value is -3.49. The molecule has 2 aromatic rings. The molecule has 0 bridgehead atoms. The Labute approximate surface area is 173 Å². The summed E-state index contributed by atoms with van der Waals surface area (Å²) in [4.78, 5) is 22.5. The van der Waals surface area contributed by atoms with Crippen molar-refractivity contribution in [3.8, 4) is 5.75 Å². The molecule has 0 fully saturated rings. The first-order valence-corrected chi connectivity index (χ1v) is 9.01. The molecule has 0 aliphatic carbocycles. The van der Waals surface area contributed by atoms with Crippen molar-refractivity contribution in [1.82, 2.24) is 5.32 Å². The highest BCUT2D eigenvalue weighted by Gasteiger charge is 2.19. The smallest absolute Gasteiger partial charge is 0.387 e. The Bertz CT molecular complexity index is 946. The lowest BCUT2D eigenvalue weighted by Crippen LogP contribution is -2.29. The lowest BCUT2D eigenvalue weighted by molar-refractivity contribution is -0.114. The molecule has 0 aliphatic rings. The average molecular weight is 419 g/mol. The molecule has 0 saturated heterocycles. The Kier molecular flexibility index (Phi) is 8.28. The fourth-order valence-electron chi connectivity index (χ4n) is 2.75. The molecule has 2 aromatic carbocycles. The van der Waals surface area contributed by atoms with Gasteiger partial charge in [0.25, 0.3) is 5.91 Å². The zero-order valence-electron chi connectivity index (χ0n) is 17.1. The molecule has 0 saturated carbocycles. The van der Waals surface area contributed by atoms with Crippen LogP contribution in [0.3, 0.4) is 0 Å². The fraction of sp³-hybridized carbons (Fsp3) is 0.286. The lowest BCUT2D eigenvalue weighted by Gasteiger charge is -2.13. The van der Waals surface area contributed by atoms with E-state index in [0.29, 0.717) is 22.4 Å². The zero-order valence-corrected chi connectivity index (χ0v) is 17.1. The summed E-state index contributed by atoms with van der Waals surface area (Å²) in [7, 11) is 2.84. The number of carbonyl (C=O) groups excluding carboxylic acids is 1. The summed E-state index contributed by atoms with van der Waals surface area (Å²) >= 11 is 0. The summed E-state index contributed by atoms with van der Waals surface area (Å²) in [6.07, 6.45) is 0. The van der Waals surface area contributed by atoms with Crippen molar-refractivity contribution in [3.05, 3.63) is 64.7 Å². The Morgan fingerprint density at radius 2 is 1.80 bits per heavy atom. The number of carbonyl (C=O) groups is 1. The maximum absolute atomic E-state index is 12.6. The van der Waals surface area contributed by atoms with Crippen LogP contribution in [0.25, 0.3) is 0 Å². The summed E-state index contributed by atoms with van der Waals surface area (Å²) < 4.78 is 29.7. The summed E-state index contributed by atoms with van der Waals surface area (Å²) in [5.41, 5.74) is 2.91. The number of likely N-dealkylation sites (N-methyl/N-ethyl adjacent to an activating group) is 1. The van der Waals surface area contributed by atoms with Gasteiger partial charge in [-0.05, 0) is 31.5 Å². The second-order valence-electron chi connectivity index (χ2n) is 6.13. The van der Waals surface area contributed by atoms with Crippen LogP contribution >= 0.6 is 0 Å². The molecular weight excluding hydrogens is 396 g/mol. The van der Waals surface area contributed by atoms with E-state index >= 15 is 0 Å². The quantitative estimate of drug-likeness (QED) is 0.497. The highest BCUT2D eigenvalue weighted by Crippen LogP contribution is 2.22. The number of nitrogens with zero attached hydrogens (tertiary/aromatic N) is 2. The summed E-state index contributed by atoms with van der Waals surface area (Å²) in [5, 5.41) is 10.4. The highest BCUT2D eigenvalue weighted by molar-refractivity contribution is 6.45. The second-order valence-corrected chi connectivity index (χ2v) is 6.13. The molecular formula is C21H23F2N3O4. The van der Waals surface area contributed by atoms with E-state index in [9.17, 15) is 13.6 Å². The van der Waals surface area contributed by atoms with E-state index in [1.54, 1.807) is 37.3 Å². The van der Waals surface area contributed by atoms with Crippen LogP contribution < -0.4 is 10.1 Å². The first kappa shape index (κ1) is 22.8. The monoisotopic (exact) mass is 419 g/mol. The molecule has 0 radical (unpaired) electrons. The topological polar surface area (TPSA) is 81.5 Å². The van der Waals surface area contributed by atoms with Crippen molar-refractivity contribution in [2.75, 3.05) is 14.2 Å². The Morgan fingerprint density at radius 3 is 2.47 bits per heavy atom. The number of alkyl halides is 2. The summed E-state index contributed by atoms with van der Waals surface area (Å²) in [6, 6.07) is 11.7. The molecule has 1 N–H and O–H groups in total. The Morgan fingerprint density at radius 1 is 1.10 bits per heavy atom. The van der Waals surface area contributed by atoms with Gasteiger partial charge in [-0.15, -0.1) is 0 Å². The van der Waals surface area contributed by atoms with Crippen LogP contribution in [0.4, 0.5) is 8.78 Å². The van der Waals surface area contributed by atoms with Crippen LogP contribution in [-0.2, 0) is 21.1 Å². The van der Waals surface area contributed by atoms with Gasteiger partial charge in [0.1, 0.15) is 19.5 Å². The second kappa shape index (κ2) is 10.9. The third-order valence-electron chi connectivity index (χ3n) is 4.19. The van der Waals surface area contributed by atoms with Gasteiger partial charge in [-0.2, -0.15) is 8.78 Å². The minimum absolute atomic E-state index is 0.00283. The zero-order chi connectivity index (χ0) is 22.1. The van der Waals surface area contributed by atoms with Crippen molar-refractivity contribution in [3.63, 3.8) is 0 Å². The van der Waals surface area contributed by atoms with Crippen LogP contribution in [0.15, 0.2) is 52.8 Å². The maximum Gasteiger partial charge on any atom is 0.387 e. The van der Waals surface area contributed by atoms with Gasteiger partial charge < -0.3 is 19.7 Å². The van der Waals surface area contributed by atoms with Crippen molar-refractivity contribution in [2.45, 2.75) is 27.1 Å². The predicted octanol–water partition coefficient (Wildman–Crippen LogP) is 3.63. The molecule has 2 rings (SSSR count). The van der Waals surface area contributed by atoms with Crippen molar-refractivity contribution in [1.29, 1.82) is 0 Å². The largest absolute Gasteiger partial charge is 0.434 e. The van der Waals surface area contributed by atoms with E-state index in [4.69, 9.17) is 9.68 Å². The number of rotatable bonds is 9. The molecule has 0 atom stereocenters. The molecule has 160 valence electrons. The number of aryl methyl sites for hydroxylation is 1. The number of benzene rings is 2. The van der Waals surface area contributed by atoms with E-state index in [2.05, 4.69) is 20.4 Å². The molecule has 0 aliphatic heterocycles. The number of oxime groups is 2. The van der Waals surface area contributed by atoms with Gasteiger partial charge in [0.15, 0.2) is 5.71 Å². The maximum atomic E-state index is 12.6. The van der Waals surface area contributed by atoms with Crippen LogP contribution in [-0.4, -0.2) is 38.1 Å². The van der Waals surface area contributed by atoms with E-state index in [1.165, 1.54) is 20.2 Å². The normalized spacial score (nSPS) is 12.0. The van der Waals surface area contributed by atoms with Crippen LogP contribution in [0.1, 0.15) is 29.2 Å².